The third kappa shape index (κ3) is 10.1. The maximum atomic E-state index is 15.3. The first-order chi connectivity index (χ1) is 34.8. The Kier molecular flexibility index (Phi) is 14.5. The zero-order chi connectivity index (χ0) is 50.5. The third-order valence-corrected chi connectivity index (χ3v) is 15.0. The van der Waals surface area contributed by atoms with Crippen molar-refractivity contribution in [2.24, 2.45) is 12.2 Å². The van der Waals surface area contributed by atoms with Gasteiger partial charge in [0, 0.05) is 45.1 Å². The summed E-state index contributed by atoms with van der Waals surface area (Å²) in [5, 5.41) is 19.8. The number of nitrogens with one attached hydrogen (secondary N) is 2. The van der Waals surface area contributed by atoms with Gasteiger partial charge in [0.15, 0.2) is 16.9 Å². The zero-order valence-corrected chi connectivity index (χ0v) is 42.5. The van der Waals surface area contributed by atoms with Crippen molar-refractivity contribution in [2.75, 3.05) is 11.1 Å². The number of thiazole rings is 1. The molecule has 72 heavy (non-hydrogen) atoms. The van der Waals surface area contributed by atoms with Gasteiger partial charge in [0.25, 0.3) is 11.8 Å². The molecule has 19 heteroatoms. The van der Waals surface area contributed by atoms with Crippen molar-refractivity contribution in [1.29, 1.82) is 0 Å². The molecular formula is C53H46N8O7S4. The van der Waals surface area contributed by atoms with E-state index in [2.05, 4.69) is 25.8 Å². The molecule has 364 valence electrons. The molecule has 15 nitrogen and oxygen atoms in total. The number of fused-ring (bicyclic) bond motifs is 1. The van der Waals surface area contributed by atoms with Crippen molar-refractivity contribution in [3.05, 3.63) is 208 Å². The van der Waals surface area contributed by atoms with Crippen molar-refractivity contribution < 1.29 is 33.5 Å². The number of nitrogens with zero attached hydrogens (tertiary/aromatic N) is 6. The molecule has 0 spiro atoms. The van der Waals surface area contributed by atoms with Gasteiger partial charge in [-0.25, -0.2) is 14.6 Å². The Hall–Kier alpha value is -7.45. The third-order valence-electron chi connectivity index (χ3n) is 11.5. The molecule has 4 heterocycles. The summed E-state index contributed by atoms with van der Waals surface area (Å²) in [7, 11) is 1.65. The monoisotopic (exact) mass is 1030 g/mol. The number of hydrogen-bond donors (Lipinski definition) is 2. The number of esters is 1. The van der Waals surface area contributed by atoms with Crippen LogP contribution >= 0.6 is 47.1 Å². The van der Waals surface area contributed by atoms with E-state index in [-0.39, 0.29) is 28.0 Å². The van der Waals surface area contributed by atoms with E-state index < -0.39 is 51.4 Å². The summed E-state index contributed by atoms with van der Waals surface area (Å²) in [4.78, 5) is 70.7. The summed E-state index contributed by atoms with van der Waals surface area (Å²) in [6.07, 6.45) is -0.0867. The van der Waals surface area contributed by atoms with E-state index in [1.165, 1.54) is 37.7 Å². The number of amides is 3. The second-order valence-electron chi connectivity index (χ2n) is 17.4. The minimum absolute atomic E-state index is 0.0102. The predicted molar refractivity (Wildman–Crippen MR) is 283 cm³/mol. The second-order valence-corrected chi connectivity index (χ2v) is 20.9. The van der Waals surface area contributed by atoms with Gasteiger partial charge < -0.3 is 19.6 Å². The molecule has 5 aromatic carbocycles. The minimum Gasteiger partial charge on any atom is -0.448 e. The molecule has 2 N–H and O–H groups in total. The average molecular weight is 1040 g/mol. The van der Waals surface area contributed by atoms with Crippen molar-refractivity contribution in [1.82, 2.24) is 30.2 Å². The van der Waals surface area contributed by atoms with Crippen molar-refractivity contribution in [3.8, 4) is 0 Å². The molecular weight excluding hydrogens is 989 g/mol. The Balaban J connectivity index is 1.12. The molecule has 0 bridgehead atoms. The van der Waals surface area contributed by atoms with E-state index >= 15 is 9.59 Å². The maximum absolute atomic E-state index is 15.3. The molecule has 0 saturated carbocycles. The number of β-lactam (4-membered cyclic amide) rings is 1. The van der Waals surface area contributed by atoms with Gasteiger partial charge in [-0.05, 0) is 31.9 Å². The van der Waals surface area contributed by atoms with Gasteiger partial charge in [0.05, 0.1) is 6.20 Å². The molecule has 1 fully saturated rings. The number of benzene rings is 5. The highest BCUT2D eigenvalue weighted by molar-refractivity contribution is 8.22. The summed E-state index contributed by atoms with van der Waals surface area (Å²) < 4.78 is 13.2. The van der Waals surface area contributed by atoms with Crippen LogP contribution in [0.4, 0.5) is 9.93 Å². The first kappa shape index (κ1) is 49.5. The minimum atomic E-state index is -1.79. The van der Waals surface area contributed by atoms with Gasteiger partial charge in [0.2, 0.25) is 10.5 Å². The van der Waals surface area contributed by atoms with Crippen LogP contribution in [0.25, 0.3) is 5.57 Å². The Morgan fingerprint density at radius 2 is 1.39 bits per heavy atom. The molecule has 2 atom stereocenters. The molecule has 0 unspecified atom stereocenters. The topological polar surface area (TPSA) is 179 Å². The van der Waals surface area contributed by atoms with Gasteiger partial charge in [-0.1, -0.05) is 181 Å². The summed E-state index contributed by atoms with van der Waals surface area (Å²) in [5.74, 6) is -2.16. The molecule has 1 saturated heterocycles. The van der Waals surface area contributed by atoms with Crippen molar-refractivity contribution in [3.63, 3.8) is 0 Å². The fourth-order valence-corrected chi connectivity index (χ4v) is 11.9. The maximum Gasteiger partial charge on any atom is 0.413 e. The molecule has 7 aromatic rings. The van der Waals surface area contributed by atoms with E-state index in [4.69, 9.17) is 31.7 Å². The number of thioether (sulfide) groups is 2. The predicted octanol–water partition coefficient (Wildman–Crippen LogP) is 9.49. The van der Waals surface area contributed by atoms with Gasteiger partial charge in [-0.2, -0.15) is 15.0 Å². The Morgan fingerprint density at radius 1 is 0.847 bits per heavy atom. The number of thiocarbonyl (C=S) groups is 1. The van der Waals surface area contributed by atoms with E-state index in [1.54, 1.807) is 27.8 Å². The highest BCUT2D eigenvalue weighted by atomic mass is 32.2. The van der Waals surface area contributed by atoms with Crippen LogP contribution < -0.4 is 10.6 Å². The van der Waals surface area contributed by atoms with Crippen LogP contribution in [0.15, 0.2) is 174 Å². The van der Waals surface area contributed by atoms with E-state index in [0.29, 0.717) is 39.1 Å². The number of rotatable bonds is 16. The van der Waals surface area contributed by atoms with Crippen LogP contribution in [-0.2, 0) is 41.3 Å². The van der Waals surface area contributed by atoms with Gasteiger partial charge in [-0.3, -0.25) is 19.8 Å². The Labute approximate surface area is 433 Å². The average Bonchev–Trinajstić information content (AvgIpc) is 4.05. The quantitative estimate of drug-likeness (QED) is 0.0178. The van der Waals surface area contributed by atoms with E-state index in [0.717, 1.165) is 23.1 Å². The van der Waals surface area contributed by atoms with Crippen LogP contribution in [0.1, 0.15) is 66.1 Å². The van der Waals surface area contributed by atoms with Crippen LogP contribution in [0.2, 0.25) is 0 Å². The molecule has 2 aromatic heterocycles. The van der Waals surface area contributed by atoms with Crippen LogP contribution in [0.3, 0.4) is 0 Å². The lowest BCUT2D eigenvalue weighted by Gasteiger charge is -2.56. The largest absolute Gasteiger partial charge is 0.448 e. The number of anilines is 1. The second kappa shape index (κ2) is 21.1. The lowest BCUT2D eigenvalue weighted by atomic mass is 9.80. The standard InChI is InChI=1S/C53H46N8O7S4/c1-51(2,3)67-50(65)56-49-55-41(32-71-49)42(59-68-52(36-24-14-7-15-25-36,37-26-16-8-17-27-37)38-28-18-9-19-29-38)45(62)57-53(72-33-69)47(64)61-43(39(31-70-48(53)61)40-30-54-60(4)58-40)46(63)66-44(34-20-10-5-11-21-34)35-22-12-6-13-23-35/h5-30,32-33,44,48H,31H2,1-4H3,(H,57,62)(H,55,56,65)/b59-42-/t48-,53-/m0/s1. The highest BCUT2D eigenvalue weighted by Gasteiger charge is 2.66. The first-order valence-electron chi connectivity index (χ1n) is 22.5. The van der Waals surface area contributed by atoms with Gasteiger partial charge in [-0.15, -0.1) is 23.1 Å². The summed E-state index contributed by atoms with van der Waals surface area (Å²) in [6, 6.07) is 47.0. The Morgan fingerprint density at radius 3 is 1.89 bits per heavy atom. The summed E-state index contributed by atoms with van der Waals surface area (Å²) in [6.45, 7) is 5.20. The fraction of sp³-hybridized carbons (Fsp3) is 0.189. The van der Waals surface area contributed by atoms with Crippen molar-refractivity contribution >= 4 is 92.1 Å². The SMILES string of the molecule is Cn1ncc(C2=C(C(=O)OC(c3ccccc3)c3ccccc3)N3C(=O)[C@](NC(=O)/C(=N\OC(c4ccccc4)(c4ccccc4)c4ccccc4)c4csc(NC(=O)OC(C)(C)C)n4)(SC=S)[C@@H]3SC2)n1. The molecule has 2 aliphatic heterocycles. The zero-order valence-electron chi connectivity index (χ0n) is 39.2. The number of carbonyl (C=O) groups is 4. The number of aromatic nitrogens is 4. The van der Waals surface area contributed by atoms with E-state index in [1.807, 2.05) is 152 Å². The van der Waals surface area contributed by atoms with E-state index in [9.17, 15) is 9.59 Å². The Bertz CT molecular complexity index is 3030. The summed E-state index contributed by atoms with van der Waals surface area (Å²) >= 11 is 8.65. The van der Waals surface area contributed by atoms with Gasteiger partial charge in [0.1, 0.15) is 28.1 Å². The number of oxime groups is 1. The fourth-order valence-electron chi connectivity index (χ4n) is 8.32. The highest BCUT2D eigenvalue weighted by Crippen LogP contribution is 2.53. The van der Waals surface area contributed by atoms with Crippen LogP contribution in [-0.4, -0.2) is 80.8 Å². The normalized spacial score (nSPS) is 16.8. The number of aryl methyl sites for hydroxylation is 1. The molecule has 0 radical (unpaired) electrons. The number of hydrogen-bond acceptors (Lipinski definition) is 15. The number of ether oxygens (including phenoxy) is 2. The molecule has 9 rings (SSSR count). The van der Waals surface area contributed by atoms with Crippen LogP contribution in [0, 0.1) is 0 Å². The van der Waals surface area contributed by atoms with Crippen molar-refractivity contribution in [2.45, 2.75) is 48.3 Å². The molecule has 3 amide bonds. The number of carbonyl (C=O) groups excluding carboxylic acids is 4. The lowest BCUT2D eigenvalue weighted by molar-refractivity contribution is -0.155. The van der Waals surface area contributed by atoms with Crippen LogP contribution in [0.5, 0.6) is 0 Å². The molecule has 0 aliphatic carbocycles. The lowest BCUT2D eigenvalue weighted by Crippen LogP contribution is -2.78. The first-order valence-corrected chi connectivity index (χ1v) is 25.8. The smallest absolute Gasteiger partial charge is 0.413 e. The summed E-state index contributed by atoms with van der Waals surface area (Å²) in [5.41, 5.74) is 1.68. The van der Waals surface area contributed by atoms with Gasteiger partial charge >= 0.3 is 12.1 Å². The molecule has 2 aliphatic rings.